The number of anilines is 1. The van der Waals surface area contributed by atoms with Crippen molar-refractivity contribution in [1.82, 2.24) is 14.3 Å². The van der Waals surface area contributed by atoms with Crippen molar-refractivity contribution in [3.8, 4) is 0 Å². The van der Waals surface area contributed by atoms with Crippen molar-refractivity contribution in [2.75, 3.05) is 31.1 Å². The number of benzene rings is 1. The summed E-state index contributed by atoms with van der Waals surface area (Å²) in [5.41, 5.74) is 0.391. The van der Waals surface area contributed by atoms with Crippen LogP contribution in [-0.4, -0.2) is 53.8 Å². The maximum atomic E-state index is 14.2. The van der Waals surface area contributed by atoms with Gasteiger partial charge in [0.15, 0.2) is 5.82 Å². The minimum atomic E-state index is -3.73. The second-order valence-electron chi connectivity index (χ2n) is 6.34. The highest BCUT2D eigenvalue weighted by Gasteiger charge is 2.31. The predicted octanol–water partition coefficient (Wildman–Crippen LogP) is 2.12. The second-order valence-corrected chi connectivity index (χ2v) is 8.24. The molecular formula is C17H16FN5O4S. The van der Waals surface area contributed by atoms with E-state index in [0.29, 0.717) is 11.0 Å². The molecular weight excluding hydrogens is 389 g/mol. The van der Waals surface area contributed by atoms with Gasteiger partial charge in [-0.3, -0.25) is 10.1 Å². The van der Waals surface area contributed by atoms with E-state index in [0.717, 1.165) is 6.07 Å². The Morgan fingerprint density at radius 3 is 2.61 bits per heavy atom. The molecule has 0 bridgehead atoms. The molecule has 0 unspecified atom stereocenters. The molecule has 0 atom stereocenters. The maximum Gasteiger partial charge on any atom is 0.272 e. The molecule has 0 aliphatic carbocycles. The van der Waals surface area contributed by atoms with Gasteiger partial charge in [-0.05, 0) is 18.2 Å². The van der Waals surface area contributed by atoms with Crippen molar-refractivity contribution >= 4 is 32.4 Å². The molecule has 1 aromatic carbocycles. The van der Waals surface area contributed by atoms with Gasteiger partial charge in [-0.15, -0.1) is 0 Å². The maximum absolute atomic E-state index is 14.2. The number of hydrogen-bond acceptors (Lipinski definition) is 6. The lowest BCUT2D eigenvalue weighted by molar-refractivity contribution is -0.385. The number of hydrogen-bond donors (Lipinski definition) is 1. The van der Waals surface area contributed by atoms with Crippen LogP contribution in [0.5, 0.6) is 0 Å². The number of rotatable bonds is 4. The number of aromatic nitrogens is 2. The summed E-state index contributed by atoms with van der Waals surface area (Å²) < 4.78 is 41.6. The minimum absolute atomic E-state index is 0.158. The molecule has 1 N–H and O–H groups in total. The Morgan fingerprint density at radius 1 is 1.18 bits per heavy atom. The number of sulfonamides is 1. The molecule has 146 valence electrons. The largest absolute Gasteiger partial charge is 0.367 e. The molecule has 9 nitrogen and oxygen atoms in total. The smallest absolute Gasteiger partial charge is 0.272 e. The van der Waals surface area contributed by atoms with Crippen molar-refractivity contribution in [3.63, 3.8) is 0 Å². The summed E-state index contributed by atoms with van der Waals surface area (Å²) in [5.74, 6) is -0.701. The average Bonchev–Trinajstić information content (AvgIpc) is 3.13. The number of piperazine rings is 1. The molecule has 0 saturated carbocycles. The van der Waals surface area contributed by atoms with E-state index < -0.39 is 20.8 Å². The van der Waals surface area contributed by atoms with Crippen LogP contribution in [-0.2, 0) is 10.0 Å². The topological polar surface area (TPSA) is 112 Å². The zero-order valence-electron chi connectivity index (χ0n) is 14.6. The van der Waals surface area contributed by atoms with Crippen molar-refractivity contribution in [2.45, 2.75) is 4.90 Å². The van der Waals surface area contributed by atoms with Gasteiger partial charge in [0, 0.05) is 50.0 Å². The van der Waals surface area contributed by atoms with Gasteiger partial charge in [0.2, 0.25) is 10.0 Å². The van der Waals surface area contributed by atoms with Gasteiger partial charge in [-0.2, -0.15) is 4.31 Å². The minimum Gasteiger partial charge on any atom is -0.367 e. The van der Waals surface area contributed by atoms with Crippen LogP contribution < -0.4 is 4.90 Å². The zero-order chi connectivity index (χ0) is 19.9. The predicted molar refractivity (Wildman–Crippen MR) is 100 cm³/mol. The molecule has 11 heteroatoms. The van der Waals surface area contributed by atoms with Crippen LogP contribution in [0.2, 0.25) is 0 Å². The molecule has 2 aromatic heterocycles. The normalized spacial score (nSPS) is 15.8. The van der Waals surface area contributed by atoms with Crippen LogP contribution in [0.25, 0.3) is 11.0 Å². The van der Waals surface area contributed by atoms with E-state index in [-0.39, 0.29) is 42.4 Å². The molecule has 0 spiro atoms. The van der Waals surface area contributed by atoms with Crippen molar-refractivity contribution < 1.29 is 17.7 Å². The number of aromatic amines is 1. The first-order chi connectivity index (χ1) is 13.4. The summed E-state index contributed by atoms with van der Waals surface area (Å²) in [7, 11) is -3.73. The summed E-state index contributed by atoms with van der Waals surface area (Å²) in [4.78, 5) is 18.9. The molecule has 1 aliphatic heterocycles. The molecule has 3 heterocycles. The monoisotopic (exact) mass is 405 g/mol. The van der Waals surface area contributed by atoms with Crippen LogP contribution in [0.15, 0.2) is 47.6 Å². The van der Waals surface area contributed by atoms with Gasteiger partial charge in [-0.1, -0.05) is 0 Å². The van der Waals surface area contributed by atoms with Crippen LogP contribution >= 0.6 is 0 Å². The highest BCUT2D eigenvalue weighted by Crippen LogP contribution is 2.28. The molecule has 4 rings (SSSR count). The van der Waals surface area contributed by atoms with Gasteiger partial charge in [0.25, 0.3) is 5.69 Å². The van der Waals surface area contributed by atoms with Gasteiger partial charge in [-0.25, -0.2) is 17.8 Å². The van der Waals surface area contributed by atoms with E-state index in [1.54, 1.807) is 23.2 Å². The van der Waals surface area contributed by atoms with Crippen LogP contribution in [0.4, 0.5) is 15.8 Å². The number of non-ortho nitro benzene ring substituents is 1. The van der Waals surface area contributed by atoms with Gasteiger partial charge in [0.1, 0.15) is 10.5 Å². The Kier molecular flexibility index (Phi) is 4.47. The Balaban J connectivity index is 1.53. The van der Waals surface area contributed by atoms with Gasteiger partial charge in [0.05, 0.1) is 16.7 Å². The van der Waals surface area contributed by atoms with Gasteiger partial charge >= 0.3 is 0 Å². The Labute approximate surface area is 159 Å². The molecule has 1 fully saturated rings. The summed E-state index contributed by atoms with van der Waals surface area (Å²) >= 11 is 0. The highest BCUT2D eigenvalue weighted by atomic mass is 32.2. The van der Waals surface area contributed by atoms with Gasteiger partial charge < -0.3 is 9.88 Å². The quantitative estimate of drug-likeness (QED) is 0.526. The summed E-state index contributed by atoms with van der Waals surface area (Å²) in [6.45, 7) is 0.889. The number of fused-ring (bicyclic) bond motifs is 1. The lowest BCUT2D eigenvalue weighted by atomic mass is 10.2. The molecule has 3 aromatic rings. The first-order valence-corrected chi connectivity index (χ1v) is 9.93. The SMILES string of the molecule is O=[N+]([O-])c1ccc(N2CCN(S(=O)(=O)c3c[nH]c4ncccc34)CC2)c(F)c1. The standard InChI is InChI=1S/C17H16FN5O4S/c18-14-10-12(23(24)25)3-4-15(14)21-6-8-22(9-7-21)28(26,27)16-11-20-17-13(16)2-1-5-19-17/h1-5,10-11H,6-9H2,(H,19,20). The summed E-state index contributed by atoms with van der Waals surface area (Å²) in [6, 6.07) is 6.82. The third kappa shape index (κ3) is 3.08. The summed E-state index contributed by atoms with van der Waals surface area (Å²) in [6.07, 6.45) is 3.00. The van der Waals surface area contributed by atoms with E-state index in [1.807, 2.05) is 0 Å². The molecule has 1 saturated heterocycles. The van der Waals surface area contributed by atoms with E-state index in [1.165, 1.54) is 22.6 Å². The second kappa shape index (κ2) is 6.84. The van der Waals surface area contributed by atoms with Crippen molar-refractivity contribution in [2.24, 2.45) is 0 Å². The Hall–Kier alpha value is -3.05. The molecule has 0 radical (unpaired) electrons. The number of pyridine rings is 1. The molecule has 0 amide bonds. The number of nitro benzene ring substituents is 1. The van der Waals surface area contributed by atoms with Crippen molar-refractivity contribution in [3.05, 3.63) is 58.7 Å². The van der Waals surface area contributed by atoms with Crippen LogP contribution in [0.1, 0.15) is 0 Å². The Bertz CT molecular complexity index is 1160. The number of H-pyrrole nitrogens is 1. The number of nitrogens with zero attached hydrogens (tertiary/aromatic N) is 4. The average molecular weight is 405 g/mol. The first kappa shape index (κ1) is 18.3. The highest BCUT2D eigenvalue weighted by molar-refractivity contribution is 7.89. The molecule has 1 aliphatic rings. The Morgan fingerprint density at radius 2 is 1.93 bits per heavy atom. The fourth-order valence-corrected chi connectivity index (χ4v) is 4.89. The zero-order valence-corrected chi connectivity index (χ0v) is 15.4. The fourth-order valence-electron chi connectivity index (χ4n) is 3.32. The van der Waals surface area contributed by atoms with E-state index in [2.05, 4.69) is 9.97 Å². The third-order valence-corrected chi connectivity index (χ3v) is 6.69. The third-order valence-electron chi connectivity index (χ3n) is 4.75. The van der Waals surface area contributed by atoms with Crippen LogP contribution in [0, 0.1) is 15.9 Å². The van der Waals surface area contributed by atoms with E-state index >= 15 is 0 Å². The fraction of sp³-hybridized carbons (Fsp3) is 0.235. The van der Waals surface area contributed by atoms with E-state index in [4.69, 9.17) is 0 Å². The summed E-state index contributed by atoms with van der Waals surface area (Å²) in [5, 5.41) is 11.3. The number of nitro groups is 1. The first-order valence-electron chi connectivity index (χ1n) is 8.49. The van der Waals surface area contributed by atoms with E-state index in [9.17, 15) is 22.9 Å². The van der Waals surface area contributed by atoms with Crippen molar-refractivity contribution in [1.29, 1.82) is 0 Å². The van der Waals surface area contributed by atoms with Crippen LogP contribution in [0.3, 0.4) is 0 Å². The lowest BCUT2D eigenvalue weighted by Crippen LogP contribution is -2.48. The number of halogens is 1. The molecule has 28 heavy (non-hydrogen) atoms. The lowest BCUT2D eigenvalue weighted by Gasteiger charge is -2.35. The number of nitrogens with one attached hydrogen (secondary N) is 1.